The summed E-state index contributed by atoms with van der Waals surface area (Å²) in [4.78, 5) is 65.3. The summed E-state index contributed by atoms with van der Waals surface area (Å²) < 4.78 is 0. The van der Waals surface area contributed by atoms with Crippen LogP contribution in [0.1, 0.15) is 46.0 Å². The first-order valence-electron chi connectivity index (χ1n) is 11.6. The van der Waals surface area contributed by atoms with Crippen LogP contribution in [0.25, 0.3) is 0 Å². The van der Waals surface area contributed by atoms with Gasteiger partial charge in [-0.1, -0.05) is 20.3 Å². The van der Waals surface area contributed by atoms with Crippen LogP contribution in [0.2, 0.25) is 0 Å². The highest BCUT2D eigenvalue weighted by Crippen LogP contribution is 2.10. The largest absolute Gasteiger partial charge is 0.480 e. The maximum Gasteiger partial charge on any atom is 0.326 e. The number of carbonyl (C=O) groups excluding carboxylic acids is 4. The van der Waals surface area contributed by atoms with Gasteiger partial charge in [-0.25, -0.2) is 4.79 Å². The van der Waals surface area contributed by atoms with E-state index in [4.69, 9.17) is 22.9 Å². The summed E-state index contributed by atoms with van der Waals surface area (Å²) in [6.07, 6.45) is 2.47. The van der Waals surface area contributed by atoms with Gasteiger partial charge in [0.2, 0.25) is 23.6 Å². The number of hydrogen-bond donors (Lipinski definition) is 8. The second kappa shape index (κ2) is 17.4. The average Bonchev–Trinajstić information content (AvgIpc) is 2.80. The Bertz CT molecular complexity index is 792. The Balaban J connectivity index is 5.66. The van der Waals surface area contributed by atoms with Crippen molar-refractivity contribution in [3.63, 3.8) is 0 Å². The molecule has 36 heavy (non-hydrogen) atoms. The van der Waals surface area contributed by atoms with Gasteiger partial charge in [-0.3, -0.25) is 24.2 Å². The maximum atomic E-state index is 13.0. The van der Waals surface area contributed by atoms with Crippen molar-refractivity contribution < 1.29 is 29.1 Å². The number of primary amides is 1. The van der Waals surface area contributed by atoms with Crippen LogP contribution in [0.15, 0.2) is 4.99 Å². The zero-order valence-electron chi connectivity index (χ0n) is 21.0. The molecule has 4 amide bonds. The molecule has 0 fully saturated rings. The molecule has 15 heteroatoms. The van der Waals surface area contributed by atoms with E-state index in [2.05, 4.69) is 20.9 Å². The number of carboxylic acids is 1. The summed E-state index contributed by atoms with van der Waals surface area (Å²) >= 11 is 1.49. The highest BCUT2D eigenvalue weighted by atomic mass is 32.2. The predicted molar refractivity (Wildman–Crippen MR) is 138 cm³/mol. The fraction of sp³-hybridized carbons (Fsp3) is 0.714. The minimum absolute atomic E-state index is 0.0473. The fourth-order valence-corrected chi connectivity index (χ4v) is 3.54. The van der Waals surface area contributed by atoms with Crippen molar-refractivity contribution in [1.29, 1.82) is 0 Å². The second-order valence-electron chi connectivity index (χ2n) is 8.34. The van der Waals surface area contributed by atoms with Crippen LogP contribution in [-0.2, 0) is 24.0 Å². The third kappa shape index (κ3) is 13.1. The van der Waals surface area contributed by atoms with Gasteiger partial charge in [-0.05, 0) is 37.2 Å². The van der Waals surface area contributed by atoms with E-state index < -0.39 is 60.2 Å². The number of nitrogens with one attached hydrogen (secondary N) is 3. The Labute approximate surface area is 215 Å². The van der Waals surface area contributed by atoms with Crippen LogP contribution in [0.3, 0.4) is 0 Å². The third-order valence-corrected chi connectivity index (χ3v) is 6.01. The van der Waals surface area contributed by atoms with Gasteiger partial charge < -0.3 is 44.0 Å². The Morgan fingerprint density at radius 3 is 2.03 bits per heavy atom. The number of carbonyl (C=O) groups is 5. The Morgan fingerprint density at radius 1 is 0.944 bits per heavy atom. The standard InChI is InChI=1S/C21H40N8O6S/c1-4-11(2)16(20(34)35)29-18(32)13(6-5-8-26-21(24)25)27-19(33)14(10-15(23)30)28-17(31)12(22)7-9-36-3/h11-14,16H,4-10,22H2,1-3H3,(H2,23,30)(H,27,33)(H,28,31)(H,29,32)(H,34,35)(H4,24,25,26). The summed E-state index contributed by atoms with van der Waals surface area (Å²) in [7, 11) is 0. The van der Waals surface area contributed by atoms with E-state index in [1.54, 1.807) is 13.8 Å². The lowest BCUT2D eigenvalue weighted by atomic mass is 9.98. The van der Waals surface area contributed by atoms with Crippen LogP contribution in [-0.4, -0.2) is 83.4 Å². The lowest BCUT2D eigenvalue weighted by molar-refractivity contribution is -0.144. The summed E-state index contributed by atoms with van der Waals surface area (Å²) in [5.41, 5.74) is 21.7. The minimum Gasteiger partial charge on any atom is -0.480 e. The van der Waals surface area contributed by atoms with Gasteiger partial charge in [-0.15, -0.1) is 0 Å². The molecule has 0 saturated carbocycles. The quantitative estimate of drug-likeness (QED) is 0.0526. The molecule has 0 rings (SSSR count). The van der Waals surface area contributed by atoms with Crippen molar-refractivity contribution in [2.24, 2.45) is 33.8 Å². The van der Waals surface area contributed by atoms with Gasteiger partial charge in [0.25, 0.3) is 0 Å². The smallest absolute Gasteiger partial charge is 0.326 e. The number of amides is 4. The van der Waals surface area contributed by atoms with Crippen LogP contribution in [0.4, 0.5) is 0 Å². The van der Waals surface area contributed by atoms with E-state index in [-0.39, 0.29) is 31.3 Å². The van der Waals surface area contributed by atoms with E-state index >= 15 is 0 Å². The van der Waals surface area contributed by atoms with E-state index in [0.717, 1.165) is 0 Å². The lowest BCUT2D eigenvalue weighted by Gasteiger charge is -2.26. The number of guanidine groups is 1. The van der Waals surface area contributed by atoms with E-state index in [1.807, 2.05) is 6.26 Å². The number of nitrogens with zero attached hydrogens (tertiary/aromatic N) is 1. The molecule has 5 unspecified atom stereocenters. The van der Waals surface area contributed by atoms with Crippen molar-refractivity contribution in [2.75, 3.05) is 18.6 Å². The van der Waals surface area contributed by atoms with Gasteiger partial charge in [-0.2, -0.15) is 11.8 Å². The van der Waals surface area contributed by atoms with Crippen molar-refractivity contribution in [2.45, 2.75) is 70.1 Å². The van der Waals surface area contributed by atoms with Gasteiger partial charge >= 0.3 is 5.97 Å². The van der Waals surface area contributed by atoms with Gasteiger partial charge in [0.15, 0.2) is 5.96 Å². The molecule has 0 aliphatic rings. The maximum absolute atomic E-state index is 13.0. The number of thioether (sulfide) groups is 1. The lowest BCUT2D eigenvalue weighted by Crippen LogP contribution is -2.58. The van der Waals surface area contributed by atoms with Crippen LogP contribution < -0.4 is 38.9 Å². The van der Waals surface area contributed by atoms with E-state index in [1.165, 1.54) is 11.8 Å². The molecule has 206 valence electrons. The normalized spacial score (nSPS) is 14.9. The Hall–Kier alpha value is -3.07. The molecule has 0 saturated heterocycles. The number of carboxylic acid groups (broad SMARTS) is 1. The zero-order chi connectivity index (χ0) is 27.8. The molecule has 5 atom stereocenters. The summed E-state index contributed by atoms with van der Waals surface area (Å²) in [5.74, 6) is -4.25. The van der Waals surface area contributed by atoms with Crippen molar-refractivity contribution in [1.82, 2.24) is 16.0 Å². The van der Waals surface area contributed by atoms with Crippen LogP contribution in [0.5, 0.6) is 0 Å². The van der Waals surface area contributed by atoms with Crippen molar-refractivity contribution in [3.05, 3.63) is 0 Å². The average molecular weight is 533 g/mol. The molecular formula is C21H40N8O6S. The molecule has 0 heterocycles. The van der Waals surface area contributed by atoms with Gasteiger partial charge in [0.05, 0.1) is 12.5 Å². The number of aliphatic imine (C=N–C) groups is 1. The molecule has 14 nitrogen and oxygen atoms in total. The summed E-state index contributed by atoms with van der Waals surface area (Å²) in [6.45, 7) is 3.60. The molecule has 12 N–H and O–H groups in total. The monoisotopic (exact) mass is 532 g/mol. The number of aliphatic carboxylic acids is 1. The molecule has 0 bridgehead atoms. The van der Waals surface area contributed by atoms with Crippen molar-refractivity contribution in [3.8, 4) is 0 Å². The first-order chi connectivity index (χ1) is 16.8. The predicted octanol–water partition coefficient (Wildman–Crippen LogP) is -2.42. The molecule has 0 aromatic rings. The molecule has 0 aliphatic heterocycles. The molecular weight excluding hydrogens is 492 g/mol. The topological polar surface area (TPSA) is 258 Å². The fourth-order valence-electron chi connectivity index (χ4n) is 3.05. The Morgan fingerprint density at radius 2 is 1.53 bits per heavy atom. The van der Waals surface area contributed by atoms with Crippen molar-refractivity contribution >= 4 is 47.3 Å². The first kappa shape index (κ1) is 32.9. The molecule has 0 aromatic heterocycles. The molecule has 0 aromatic carbocycles. The van der Waals surface area contributed by atoms with E-state index in [0.29, 0.717) is 18.6 Å². The minimum atomic E-state index is -1.38. The third-order valence-electron chi connectivity index (χ3n) is 5.36. The second-order valence-corrected chi connectivity index (χ2v) is 9.33. The van der Waals surface area contributed by atoms with Gasteiger partial charge in [0.1, 0.15) is 18.1 Å². The summed E-state index contributed by atoms with van der Waals surface area (Å²) in [6, 6.07) is -4.68. The summed E-state index contributed by atoms with van der Waals surface area (Å²) in [5, 5.41) is 16.8. The van der Waals surface area contributed by atoms with Crippen LogP contribution >= 0.6 is 11.8 Å². The number of nitrogens with two attached hydrogens (primary N) is 4. The number of rotatable bonds is 18. The SMILES string of the molecule is CCC(C)C(NC(=O)C(CCCN=C(N)N)NC(=O)C(CC(N)=O)NC(=O)C(N)CCSC)C(=O)O. The molecule has 0 spiro atoms. The van der Waals surface area contributed by atoms with Gasteiger partial charge in [0, 0.05) is 6.54 Å². The number of hydrogen-bond acceptors (Lipinski definition) is 8. The Kier molecular flexibility index (Phi) is 15.9. The molecule has 0 radical (unpaired) electrons. The van der Waals surface area contributed by atoms with Crippen LogP contribution in [0, 0.1) is 5.92 Å². The van der Waals surface area contributed by atoms with E-state index in [9.17, 15) is 29.1 Å². The highest BCUT2D eigenvalue weighted by Gasteiger charge is 2.32. The molecule has 0 aliphatic carbocycles. The highest BCUT2D eigenvalue weighted by molar-refractivity contribution is 7.98. The zero-order valence-corrected chi connectivity index (χ0v) is 21.8. The first-order valence-corrected chi connectivity index (χ1v) is 12.9.